The monoisotopic (exact) mass is 300 g/mol. The molecule has 0 saturated carbocycles. The second-order valence-electron chi connectivity index (χ2n) is 5.29. The molecule has 2 aromatic rings. The fourth-order valence-corrected chi connectivity index (χ4v) is 2.14. The van der Waals surface area contributed by atoms with Crippen molar-refractivity contribution >= 4 is 17.3 Å². The number of rotatable bonds is 7. The van der Waals surface area contributed by atoms with Gasteiger partial charge in [-0.05, 0) is 37.6 Å². The van der Waals surface area contributed by atoms with Gasteiger partial charge in [0.1, 0.15) is 23.2 Å². The first-order chi connectivity index (χ1) is 10.6. The van der Waals surface area contributed by atoms with Crippen molar-refractivity contribution in [3.8, 4) is 5.75 Å². The van der Waals surface area contributed by atoms with Gasteiger partial charge in [-0.15, -0.1) is 0 Å². The van der Waals surface area contributed by atoms with E-state index in [2.05, 4.69) is 34.2 Å². The minimum absolute atomic E-state index is 0.761. The lowest BCUT2D eigenvalue weighted by Gasteiger charge is -2.19. The van der Waals surface area contributed by atoms with Crippen LogP contribution in [0.2, 0.25) is 0 Å². The lowest BCUT2D eigenvalue weighted by atomic mass is 10.3. The highest BCUT2D eigenvalue weighted by Crippen LogP contribution is 2.21. The Hall–Kier alpha value is -2.30. The lowest BCUT2D eigenvalue weighted by molar-refractivity contribution is 0.415. The fraction of sp³-hybridized carbons (Fsp3) is 0.412. The Bertz CT molecular complexity index is 598. The van der Waals surface area contributed by atoms with Crippen LogP contribution < -0.4 is 15.0 Å². The number of ether oxygens (including phenoxy) is 1. The molecule has 118 valence electrons. The van der Waals surface area contributed by atoms with Crippen LogP contribution in [0, 0.1) is 6.92 Å². The number of methoxy groups -OCH3 is 1. The molecule has 0 radical (unpaired) electrons. The average molecular weight is 300 g/mol. The number of nitrogens with zero attached hydrogens (tertiary/aromatic N) is 3. The topological polar surface area (TPSA) is 50.3 Å². The molecular formula is C17H24N4O. The van der Waals surface area contributed by atoms with Gasteiger partial charge in [-0.25, -0.2) is 9.97 Å². The highest BCUT2D eigenvalue weighted by molar-refractivity contribution is 5.60. The van der Waals surface area contributed by atoms with Crippen LogP contribution in [0.4, 0.5) is 17.3 Å². The van der Waals surface area contributed by atoms with E-state index in [0.29, 0.717) is 0 Å². The van der Waals surface area contributed by atoms with Crippen molar-refractivity contribution in [3.05, 3.63) is 36.2 Å². The van der Waals surface area contributed by atoms with Crippen molar-refractivity contribution in [1.29, 1.82) is 0 Å². The van der Waals surface area contributed by atoms with E-state index in [0.717, 1.165) is 41.9 Å². The Morgan fingerprint density at radius 1 is 1.18 bits per heavy atom. The molecule has 1 aromatic carbocycles. The largest absolute Gasteiger partial charge is 0.497 e. The molecule has 1 aromatic heterocycles. The highest BCUT2D eigenvalue weighted by atomic mass is 16.5. The van der Waals surface area contributed by atoms with Gasteiger partial charge >= 0.3 is 0 Å². The summed E-state index contributed by atoms with van der Waals surface area (Å²) in [7, 11) is 3.73. The third-order valence-electron chi connectivity index (χ3n) is 3.43. The number of hydrogen-bond acceptors (Lipinski definition) is 5. The minimum Gasteiger partial charge on any atom is -0.497 e. The molecule has 0 unspecified atom stereocenters. The van der Waals surface area contributed by atoms with E-state index >= 15 is 0 Å². The summed E-state index contributed by atoms with van der Waals surface area (Å²) in [6.45, 7) is 5.10. The summed E-state index contributed by atoms with van der Waals surface area (Å²) in [5.74, 6) is 3.34. The second-order valence-corrected chi connectivity index (χ2v) is 5.29. The van der Waals surface area contributed by atoms with Gasteiger partial charge in [-0.1, -0.05) is 13.3 Å². The minimum atomic E-state index is 0.761. The summed E-state index contributed by atoms with van der Waals surface area (Å²) in [5, 5.41) is 3.31. The molecule has 0 saturated heterocycles. The summed E-state index contributed by atoms with van der Waals surface area (Å²) < 4.78 is 5.17. The van der Waals surface area contributed by atoms with Gasteiger partial charge in [-0.3, -0.25) is 0 Å². The van der Waals surface area contributed by atoms with Gasteiger partial charge in [-0.2, -0.15) is 0 Å². The Balaban J connectivity index is 2.14. The Labute approximate surface area is 132 Å². The van der Waals surface area contributed by atoms with Crippen molar-refractivity contribution in [3.63, 3.8) is 0 Å². The zero-order chi connectivity index (χ0) is 15.9. The van der Waals surface area contributed by atoms with Gasteiger partial charge in [0.05, 0.1) is 7.11 Å². The van der Waals surface area contributed by atoms with Crippen LogP contribution in [0.5, 0.6) is 5.75 Å². The van der Waals surface area contributed by atoms with E-state index in [4.69, 9.17) is 4.74 Å². The Kier molecular flexibility index (Phi) is 5.58. The van der Waals surface area contributed by atoms with Crippen LogP contribution >= 0.6 is 0 Å². The summed E-state index contributed by atoms with van der Waals surface area (Å²) in [6.07, 6.45) is 2.33. The Morgan fingerprint density at radius 2 is 1.91 bits per heavy atom. The number of hydrogen-bond donors (Lipinski definition) is 1. The average Bonchev–Trinajstić information content (AvgIpc) is 2.52. The second kappa shape index (κ2) is 7.64. The molecule has 0 aliphatic carbocycles. The molecule has 0 amide bonds. The first-order valence-corrected chi connectivity index (χ1v) is 7.60. The van der Waals surface area contributed by atoms with Crippen molar-refractivity contribution in [2.24, 2.45) is 0 Å². The van der Waals surface area contributed by atoms with E-state index in [1.165, 1.54) is 6.42 Å². The SMILES string of the molecule is CCCCN(C)c1cc(Nc2ccc(OC)cc2)nc(C)n1. The molecule has 2 rings (SSSR count). The Morgan fingerprint density at radius 3 is 2.55 bits per heavy atom. The molecule has 0 aliphatic rings. The smallest absolute Gasteiger partial charge is 0.136 e. The first-order valence-electron chi connectivity index (χ1n) is 7.60. The van der Waals surface area contributed by atoms with Gasteiger partial charge in [0.15, 0.2) is 0 Å². The molecule has 0 spiro atoms. The number of anilines is 3. The number of aryl methyl sites for hydroxylation is 1. The van der Waals surface area contributed by atoms with Crippen LogP contribution in [0.15, 0.2) is 30.3 Å². The third kappa shape index (κ3) is 4.35. The van der Waals surface area contributed by atoms with E-state index < -0.39 is 0 Å². The van der Waals surface area contributed by atoms with Crippen molar-refractivity contribution in [2.45, 2.75) is 26.7 Å². The van der Waals surface area contributed by atoms with Gasteiger partial charge < -0.3 is 15.0 Å². The first kappa shape index (κ1) is 16.1. The molecule has 5 heteroatoms. The standard InChI is InChI=1S/C17H24N4O/c1-5-6-11-21(3)17-12-16(18-13(2)19-17)20-14-7-9-15(22-4)10-8-14/h7-10,12H,5-6,11H2,1-4H3,(H,18,19,20). The molecule has 0 atom stereocenters. The van der Waals surface area contributed by atoms with Crippen LogP contribution in [-0.2, 0) is 0 Å². The number of nitrogens with one attached hydrogen (secondary N) is 1. The third-order valence-corrected chi connectivity index (χ3v) is 3.43. The summed E-state index contributed by atoms with van der Waals surface area (Å²) in [4.78, 5) is 11.1. The molecule has 0 fully saturated rings. The van der Waals surface area contributed by atoms with E-state index in [9.17, 15) is 0 Å². The molecule has 1 heterocycles. The van der Waals surface area contributed by atoms with Crippen LogP contribution in [-0.4, -0.2) is 30.7 Å². The highest BCUT2D eigenvalue weighted by Gasteiger charge is 2.07. The quantitative estimate of drug-likeness (QED) is 0.843. The molecule has 0 bridgehead atoms. The van der Waals surface area contributed by atoms with Crippen LogP contribution in [0.3, 0.4) is 0 Å². The summed E-state index contributed by atoms with van der Waals surface area (Å²) in [5.41, 5.74) is 0.973. The maximum absolute atomic E-state index is 5.17. The van der Waals surface area contributed by atoms with E-state index in [1.807, 2.05) is 37.3 Å². The normalized spacial score (nSPS) is 10.4. The van der Waals surface area contributed by atoms with Crippen LogP contribution in [0.25, 0.3) is 0 Å². The predicted molar refractivity (Wildman–Crippen MR) is 91.2 cm³/mol. The number of benzene rings is 1. The molecular weight excluding hydrogens is 276 g/mol. The summed E-state index contributed by atoms with van der Waals surface area (Å²) in [6, 6.07) is 9.76. The number of aromatic nitrogens is 2. The lowest BCUT2D eigenvalue weighted by Crippen LogP contribution is -2.20. The van der Waals surface area contributed by atoms with Crippen LogP contribution in [0.1, 0.15) is 25.6 Å². The zero-order valence-electron chi connectivity index (χ0n) is 13.8. The molecule has 1 N–H and O–H groups in total. The fourth-order valence-electron chi connectivity index (χ4n) is 2.14. The molecule has 22 heavy (non-hydrogen) atoms. The maximum Gasteiger partial charge on any atom is 0.136 e. The van der Waals surface area contributed by atoms with Crippen molar-refractivity contribution in [1.82, 2.24) is 9.97 Å². The van der Waals surface area contributed by atoms with Gasteiger partial charge in [0.25, 0.3) is 0 Å². The van der Waals surface area contributed by atoms with E-state index in [1.54, 1.807) is 7.11 Å². The van der Waals surface area contributed by atoms with Crippen molar-refractivity contribution < 1.29 is 4.74 Å². The number of unbranched alkanes of at least 4 members (excludes halogenated alkanes) is 1. The molecule has 0 aliphatic heterocycles. The predicted octanol–water partition coefficient (Wildman–Crippen LogP) is 3.77. The van der Waals surface area contributed by atoms with Crippen molar-refractivity contribution in [2.75, 3.05) is 30.9 Å². The maximum atomic E-state index is 5.17. The van der Waals surface area contributed by atoms with Gasteiger partial charge in [0.2, 0.25) is 0 Å². The summed E-state index contributed by atoms with van der Waals surface area (Å²) >= 11 is 0. The zero-order valence-corrected chi connectivity index (χ0v) is 13.8. The van der Waals surface area contributed by atoms with E-state index in [-0.39, 0.29) is 0 Å². The molecule has 5 nitrogen and oxygen atoms in total. The van der Waals surface area contributed by atoms with Gasteiger partial charge in [0, 0.05) is 25.3 Å².